The molecule has 0 heterocycles. The molecule has 1 unspecified atom stereocenters. The lowest BCUT2D eigenvalue weighted by atomic mass is 9.81. The minimum Gasteiger partial charge on any atom is -0.497 e. The maximum atomic E-state index is 11.7. The molecule has 0 fully saturated rings. The van der Waals surface area contributed by atoms with Crippen molar-refractivity contribution in [1.29, 1.82) is 0 Å². The van der Waals surface area contributed by atoms with Gasteiger partial charge < -0.3 is 14.9 Å². The van der Waals surface area contributed by atoms with E-state index in [1.54, 1.807) is 0 Å². The van der Waals surface area contributed by atoms with Crippen molar-refractivity contribution < 1.29 is 24.5 Å². The van der Waals surface area contributed by atoms with Crippen molar-refractivity contribution in [2.75, 3.05) is 6.61 Å². The van der Waals surface area contributed by atoms with Crippen molar-refractivity contribution >= 4 is 28.4 Å². The lowest BCUT2D eigenvalue weighted by Gasteiger charge is -2.26. The van der Waals surface area contributed by atoms with Crippen LogP contribution in [-0.4, -0.2) is 28.9 Å². The number of hydrogen-bond acceptors (Lipinski definition) is 3. The zero-order valence-corrected chi connectivity index (χ0v) is 17.0. The van der Waals surface area contributed by atoms with E-state index in [0.717, 1.165) is 22.5 Å². The molecule has 1 atom stereocenters. The molecule has 0 radical (unpaired) electrons. The largest absolute Gasteiger partial charge is 0.503 e. The average molecular weight is 414 g/mol. The summed E-state index contributed by atoms with van der Waals surface area (Å²) in [4.78, 5) is 20.2. The third kappa shape index (κ3) is 4.92. The topological polar surface area (TPSA) is 83.8 Å². The number of carbonyl (C=O) groups is 1. The Hall–Kier alpha value is -4.08. The van der Waals surface area contributed by atoms with Crippen LogP contribution in [0.4, 0.5) is 4.79 Å². The van der Waals surface area contributed by atoms with Gasteiger partial charge in [-0.05, 0) is 41.0 Å². The van der Waals surface area contributed by atoms with Crippen LogP contribution in [0.25, 0.3) is 16.3 Å². The molecule has 0 aliphatic heterocycles. The van der Waals surface area contributed by atoms with Gasteiger partial charge in [0.1, 0.15) is 11.7 Å². The third-order valence-electron chi connectivity index (χ3n) is 4.90. The molecule has 2 N–H and O–H groups in total. The van der Waals surface area contributed by atoms with Gasteiger partial charge in [0.2, 0.25) is 0 Å². The summed E-state index contributed by atoms with van der Waals surface area (Å²) < 4.78 is 6.13. The van der Waals surface area contributed by atoms with Crippen molar-refractivity contribution in [3.8, 4) is 0 Å². The van der Waals surface area contributed by atoms with Gasteiger partial charge >= 0.3 is 6.16 Å². The monoisotopic (exact) mass is 414 g/mol. The molecular formula is C26H22O5. The smallest absolute Gasteiger partial charge is 0.497 e. The van der Waals surface area contributed by atoms with Crippen LogP contribution in [-0.2, 0) is 9.53 Å². The highest BCUT2D eigenvalue weighted by molar-refractivity contribution is 5.98. The van der Waals surface area contributed by atoms with E-state index in [1.807, 2.05) is 61.5 Å². The fraction of sp³-hybridized carbons (Fsp3) is 0.115. The summed E-state index contributed by atoms with van der Waals surface area (Å²) in [6.45, 7) is 2.51. The Morgan fingerprint density at radius 3 is 2.26 bits per heavy atom. The van der Waals surface area contributed by atoms with E-state index in [9.17, 15) is 4.79 Å². The van der Waals surface area contributed by atoms with Crippen LogP contribution >= 0.6 is 0 Å². The predicted molar refractivity (Wildman–Crippen MR) is 121 cm³/mol. The number of carbonyl (C=O) groups excluding carboxylic acids is 1. The minimum absolute atomic E-state index is 0.248. The first-order chi connectivity index (χ1) is 15.1. The Kier molecular flexibility index (Phi) is 7.05. The van der Waals surface area contributed by atoms with Crippen molar-refractivity contribution in [1.82, 2.24) is 0 Å². The summed E-state index contributed by atoms with van der Waals surface area (Å²) >= 11 is 0. The summed E-state index contributed by atoms with van der Waals surface area (Å²) in [7, 11) is 0. The number of hydrogen-bond donors (Lipinski definition) is 2. The van der Waals surface area contributed by atoms with Crippen LogP contribution in [0.2, 0.25) is 0 Å². The summed E-state index contributed by atoms with van der Waals surface area (Å²) in [5.74, 6) is 2.67. The number of ether oxygens (including phenoxy) is 1. The quantitative estimate of drug-likeness (QED) is 0.518. The first kappa shape index (κ1) is 21.6. The molecule has 0 saturated heterocycles. The summed E-state index contributed by atoms with van der Waals surface area (Å²) in [5, 5.41) is 16.3. The maximum absolute atomic E-state index is 11.7. The third-order valence-corrected chi connectivity index (χ3v) is 4.90. The van der Waals surface area contributed by atoms with Crippen molar-refractivity contribution in [2.24, 2.45) is 0 Å². The molecular weight excluding hydrogens is 392 g/mol. The summed E-state index contributed by atoms with van der Waals surface area (Å²) in [6, 6.07) is 24.6. The Bertz CT molecular complexity index is 1180. The van der Waals surface area contributed by atoms with Crippen molar-refractivity contribution in [2.45, 2.75) is 12.8 Å². The lowest BCUT2D eigenvalue weighted by molar-refractivity contribution is 0.137. The highest BCUT2D eigenvalue weighted by atomic mass is 16.6. The standard InChI is InChI=1S/C25H20O2.CH2O3/c1-2-27-25-23(22-14-8-12-18-9-6-7-13-21(18)22)16-15-20(17-26)24(25)19-10-4-3-5-11-19;2-1(3)4/h3-16,24H,2H2,1H3;(H2,2,3,4). The minimum atomic E-state index is -1.83. The normalized spacial score (nSPS) is 15.1. The zero-order valence-electron chi connectivity index (χ0n) is 17.0. The Labute approximate surface area is 180 Å². The van der Waals surface area contributed by atoms with Gasteiger partial charge in [0.15, 0.2) is 0 Å². The molecule has 5 heteroatoms. The fourth-order valence-electron chi connectivity index (χ4n) is 3.72. The lowest BCUT2D eigenvalue weighted by Crippen LogP contribution is -2.14. The Morgan fingerprint density at radius 1 is 0.935 bits per heavy atom. The van der Waals surface area contributed by atoms with Gasteiger partial charge in [-0.3, -0.25) is 0 Å². The molecule has 1 aliphatic rings. The van der Waals surface area contributed by atoms with Gasteiger partial charge in [0.05, 0.1) is 18.1 Å². The van der Waals surface area contributed by atoms with E-state index in [-0.39, 0.29) is 5.92 Å². The number of allylic oxidation sites excluding steroid dienone is 4. The van der Waals surface area contributed by atoms with Gasteiger partial charge in [-0.1, -0.05) is 72.8 Å². The number of benzene rings is 3. The van der Waals surface area contributed by atoms with E-state index in [2.05, 4.69) is 36.3 Å². The molecule has 5 nitrogen and oxygen atoms in total. The van der Waals surface area contributed by atoms with Gasteiger partial charge in [-0.25, -0.2) is 9.59 Å². The first-order valence-electron chi connectivity index (χ1n) is 9.81. The van der Waals surface area contributed by atoms with Crippen LogP contribution in [0.5, 0.6) is 0 Å². The predicted octanol–water partition coefficient (Wildman–Crippen LogP) is 5.92. The fourth-order valence-corrected chi connectivity index (χ4v) is 3.72. The molecule has 3 aromatic rings. The Balaban J connectivity index is 0.000000628. The second-order valence-corrected chi connectivity index (χ2v) is 6.75. The number of carboxylic acid groups (broad SMARTS) is 2. The zero-order chi connectivity index (χ0) is 22.2. The maximum Gasteiger partial charge on any atom is 0.503 e. The van der Waals surface area contributed by atoms with E-state index < -0.39 is 6.16 Å². The molecule has 0 bridgehead atoms. The summed E-state index contributed by atoms with van der Waals surface area (Å²) in [6.07, 6.45) is 2.01. The number of rotatable bonds is 4. The molecule has 0 saturated carbocycles. The molecule has 0 amide bonds. The van der Waals surface area contributed by atoms with Crippen LogP contribution in [0.3, 0.4) is 0 Å². The Morgan fingerprint density at radius 2 is 1.58 bits per heavy atom. The van der Waals surface area contributed by atoms with E-state index in [1.165, 1.54) is 10.8 Å². The van der Waals surface area contributed by atoms with Gasteiger partial charge in [-0.15, -0.1) is 0 Å². The van der Waals surface area contributed by atoms with Gasteiger partial charge in [0, 0.05) is 5.57 Å². The van der Waals surface area contributed by atoms with Crippen LogP contribution in [0.15, 0.2) is 96.3 Å². The van der Waals surface area contributed by atoms with Gasteiger partial charge in [0.25, 0.3) is 0 Å². The van der Waals surface area contributed by atoms with E-state index in [0.29, 0.717) is 12.2 Å². The molecule has 31 heavy (non-hydrogen) atoms. The molecule has 1 aliphatic carbocycles. The SMILES string of the molecule is CCOC1=C(c2cccc3ccccc23)C=CC(=C=O)C1c1ccccc1.O=C(O)O. The summed E-state index contributed by atoms with van der Waals surface area (Å²) in [5.41, 5.74) is 3.75. The molecule has 0 aromatic heterocycles. The molecule has 156 valence electrons. The van der Waals surface area contributed by atoms with Crippen LogP contribution in [0, 0.1) is 0 Å². The number of fused-ring (bicyclic) bond motifs is 1. The van der Waals surface area contributed by atoms with E-state index in [4.69, 9.17) is 19.7 Å². The molecule has 0 spiro atoms. The van der Waals surface area contributed by atoms with Gasteiger partial charge in [-0.2, -0.15) is 0 Å². The highest BCUT2D eigenvalue weighted by Crippen LogP contribution is 2.42. The van der Waals surface area contributed by atoms with Crippen molar-refractivity contribution in [3.05, 3.63) is 107 Å². The first-order valence-corrected chi connectivity index (χ1v) is 9.81. The second-order valence-electron chi connectivity index (χ2n) is 6.75. The van der Waals surface area contributed by atoms with E-state index >= 15 is 0 Å². The molecule has 3 aromatic carbocycles. The highest BCUT2D eigenvalue weighted by Gasteiger charge is 2.29. The molecule has 4 rings (SSSR count). The van der Waals surface area contributed by atoms with Crippen LogP contribution < -0.4 is 0 Å². The average Bonchev–Trinajstić information content (AvgIpc) is 2.79. The van der Waals surface area contributed by atoms with Crippen LogP contribution in [0.1, 0.15) is 24.0 Å². The second kappa shape index (κ2) is 10.1. The van der Waals surface area contributed by atoms with Crippen molar-refractivity contribution in [3.63, 3.8) is 0 Å².